The molecule has 1 N–H and O–H groups in total. The second-order valence-electron chi connectivity index (χ2n) is 8.95. The van der Waals surface area contributed by atoms with Crippen LogP contribution < -0.4 is 10.1 Å². The molecule has 5 nitrogen and oxygen atoms in total. The largest absolute Gasteiger partial charge is 0.424 e. The van der Waals surface area contributed by atoms with E-state index in [2.05, 4.69) is 5.32 Å². The summed E-state index contributed by atoms with van der Waals surface area (Å²) in [6, 6.07) is 16.7. The molecule has 2 rings (SSSR count). The predicted octanol–water partition coefficient (Wildman–Crippen LogP) is 5.45. The van der Waals surface area contributed by atoms with Crippen LogP contribution in [0.4, 0.5) is 5.69 Å². The van der Waals surface area contributed by atoms with Crippen LogP contribution in [0.25, 0.3) is 0 Å². The number of nitrogens with one attached hydrogen (secondary N) is 1. The van der Waals surface area contributed by atoms with E-state index >= 15 is 0 Å². The molecule has 0 fully saturated rings. The Labute approximate surface area is 190 Å². The predicted molar refractivity (Wildman–Crippen MR) is 129 cm³/mol. The highest BCUT2D eigenvalue weighted by atomic mass is 32.1. The van der Waals surface area contributed by atoms with Crippen LogP contribution >= 0.6 is 12.2 Å². The number of carbonyl (C=O) groups is 2. The summed E-state index contributed by atoms with van der Waals surface area (Å²) >= 11 is 5.75. The number of anilines is 1. The van der Waals surface area contributed by atoms with E-state index in [-0.39, 0.29) is 23.8 Å². The molecule has 0 aliphatic carbocycles. The summed E-state index contributed by atoms with van der Waals surface area (Å²) in [5.74, 6) is 0.100. The Balaban J connectivity index is 2.28. The van der Waals surface area contributed by atoms with Gasteiger partial charge >= 0.3 is 5.97 Å². The van der Waals surface area contributed by atoms with E-state index in [1.807, 2.05) is 56.3 Å². The molecule has 0 saturated heterocycles. The number of thiocarbonyl (C=S) groups is 1. The summed E-state index contributed by atoms with van der Waals surface area (Å²) in [5, 5.41) is 3.23. The average molecular weight is 441 g/mol. The van der Waals surface area contributed by atoms with E-state index in [1.54, 1.807) is 44.7 Å². The number of para-hydroxylation sites is 2. The molecule has 2 aromatic rings. The summed E-state index contributed by atoms with van der Waals surface area (Å²) in [4.78, 5) is 27.2. The monoisotopic (exact) mass is 440 g/mol. The van der Waals surface area contributed by atoms with Crippen LogP contribution in [0.2, 0.25) is 0 Å². The van der Waals surface area contributed by atoms with Crippen molar-refractivity contribution in [3.8, 4) is 5.75 Å². The number of rotatable bonds is 7. The molecule has 0 aliphatic heterocycles. The van der Waals surface area contributed by atoms with E-state index in [1.165, 1.54) is 0 Å². The van der Waals surface area contributed by atoms with Gasteiger partial charge in [-0.1, -0.05) is 68.5 Å². The van der Waals surface area contributed by atoms with Crippen molar-refractivity contribution in [2.24, 2.45) is 11.3 Å². The topological polar surface area (TPSA) is 58.6 Å². The summed E-state index contributed by atoms with van der Waals surface area (Å²) in [7, 11) is 0. The van der Waals surface area contributed by atoms with Crippen molar-refractivity contribution in [1.29, 1.82) is 0 Å². The van der Waals surface area contributed by atoms with E-state index in [0.29, 0.717) is 23.0 Å². The lowest BCUT2D eigenvalue weighted by molar-refractivity contribution is -0.142. The zero-order valence-electron chi connectivity index (χ0n) is 19.1. The highest BCUT2D eigenvalue weighted by molar-refractivity contribution is 7.80. The third-order valence-corrected chi connectivity index (χ3v) is 5.14. The van der Waals surface area contributed by atoms with Crippen molar-refractivity contribution in [3.63, 3.8) is 0 Å². The van der Waals surface area contributed by atoms with E-state index in [9.17, 15) is 9.59 Å². The van der Waals surface area contributed by atoms with Crippen LogP contribution in [0.3, 0.4) is 0 Å². The minimum Gasteiger partial charge on any atom is -0.424 e. The van der Waals surface area contributed by atoms with Gasteiger partial charge in [0.25, 0.3) is 0 Å². The van der Waals surface area contributed by atoms with Gasteiger partial charge in [-0.25, -0.2) is 0 Å². The highest BCUT2D eigenvalue weighted by Crippen LogP contribution is 2.28. The molecule has 0 spiro atoms. The van der Waals surface area contributed by atoms with E-state index < -0.39 is 5.41 Å². The fourth-order valence-electron chi connectivity index (χ4n) is 3.11. The van der Waals surface area contributed by atoms with Gasteiger partial charge in [-0.05, 0) is 44.4 Å². The second-order valence-corrected chi connectivity index (χ2v) is 9.39. The van der Waals surface area contributed by atoms with Crippen molar-refractivity contribution in [2.75, 3.05) is 5.32 Å². The molecule has 166 valence electrons. The smallest absolute Gasteiger partial charge is 0.316 e. The van der Waals surface area contributed by atoms with E-state index in [4.69, 9.17) is 17.0 Å². The molecule has 0 heterocycles. The fourth-order valence-corrected chi connectivity index (χ4v) is 3.62. The maximum absolute atomic E-state index is 12.5. The van der Waals surface area contributed by atoms with Gasteiger partial charge in [0, 0.05) is 13.5 Å². The molecule has 1 atom stereocenters. The van der Waals surface area contributed by atoms with Gasteiger partial charge in [-0.2, -0.15) is 0 Å². The third kappa shape index (κ3) is 6.89. The number of hydrogen-bond donors (Lipinski definition) is 1. The minimum atomic E-state index is -0.630. The zero-order chi connectivity index (χ0) is 23.2. The maximum Gasteiger partial charge on any atom is 0.316 e. The normalized spacial score (nSPS) is 12.2. The van der Waals surface area contributed by atoms with E-state index in [0.717, 1.165) is 5.56 Å². The molecular formula is C25H32N2O3S. The quantitative estimate of drug-likeness (QED) is 0.352. The summed E-state index contributed by atoms with van der Waals surface area (Å²) in [5.41, 5.74) is 1.000. The molecule has 0 radical (unpaired) electrons. The molecule has 0 saturated carbocycles. The summed E-state index contributed by atoms with van der Waals surface area (Å²) < 4.78 is 5.61. The molecule has 1 amide bonds. The van der Waals surface area contributed by atoms with Gasteiger partial charge in [-0.15, -0.1) is 0 Å². The lowest BCUT2D eigenvalue weighted by Gasteiger charge is -2.35. The average Bonchev–Trinajstić information content (AvgIpc) is 2.68. The van der Waals surface area contributed by atoms with Gasteiger partial charge in [0.15, 0.2) is 5.75 Å². The number of amides is 1. The number of ether oxygens (including phenoxy) is 1. The summed E-state index contributed by atoms with van der Waals surface area (Å²) in [6.45, 7) is 11.5. The Kier molecular flexibility index (Phi) is 8.34. The molecule has 2 aromatic carbocycles. The minimum absolute atomic E-state index is 0.0563. The lowest BCUT2D eigenvalue weighted by atomic mass is 9.97. The van der Waals surface area contributed by atoms with Crippen molar-refractivity contribution in [3.05, 3.63) is 60.2 Å². The molecular weight excluding hydrogens is 408 g/mol. The van der Waals surface area contributed by atoms with Crippen molar-refractivity contribution in [2.45, 2.75) is 54.1 Å². The zero-order valence-corrected chi connectivity index (χ0v) is 20.0. The highest BCUT2D eigenvalue weighted by Gasteiger charge is 2.29. The fraction of sp³-hybridized carbons (Fsp3) is 0.400. The first-order valence-electron chi connectivity index (χ1n) is 10.4. The van der Waals surface area contributed by atoms with Crippen LogP contribution in [0.5, 0.6) is 5.75 Å². The standard InChI is InChI=1S/C25H32N2O3S/c1-17(2)22(27(18(3)28)16-19-12-8-7-9-13-19)23(31)26-20-14-10-11-15-21(20)30-24(29)25(4,5)6/h7-15,17,22H,16H2,1-6H3,(H,26,31). The second kappa shape index (κ2) is 10.5. The molecule has 31 heavy (non-hydrogen) atoms. The Morgan fingerprint density at radius 2 is 1.61 bits per heavy atom. The van der Waals surface area contributed by atoms with Gasteiger partial charge in [0.2, 0.25) is 5.91 Å². The number of benzene rings is 2. The molecule has 0 aliphatic rings. The number of nitrogens with zero attached hydrogens (tertiary/aromatic N) is 1. The molecule has 6 heteroatoms. The Morgan fingerprint density at radius 1 is 1.03 bits per heavy atom. The Bertz CT molecular complexity index is 920. The Morgan fingerprint density at radius 3 is 2.16 bits per heavy atom. The first kappa shape index (κ1) is 24.5. The van der Waals surface area contributed by atoms with Crippen LogP contribution in [0.1, 0.15) is 47.1 Å². The molecule has 0 aromatic heterocycles. The van der Waals surface area contributed by atoms with Gasteiger partial charge in [0.05, 0.1) is 17.1 Å². The molecule has 0 bridgehead atoms. The van der Waals surface area contributed by atoms with Gasteiger partial charge < -0.3 is 15.0 Å². The SMILES string of the molecule is CC(=O)N(Cc1ccccc1)C(C(=S)Nc1ccccc1OC(=O)C(C)(C)C)C(C)C. The third-order valence-electron chi connectivity index (χ3n) is 4.80. The first-order valence-corrected chi connectivity index (χ1v) is 10.8. The van der Waals surface area contributed by atoms with Gasteiger partial charge in [0.1, 0.15) is 4.99 Å². The van der Waals surface area contributed by atoms with Crippen molar-refractivity contribution in [1.82, 2.24) is 4.90 Å². The van der Waals surface area contributed by atoms with Gasteiger partial charge in [-0.3, -0.25) is 9.59 Å². The van der Waals surface area contributed by atoms with Crippen molar-refractivity contribution >= 4 is 34.8 Å². The molecule has 1 unspecified atom stereocenters. The number of esters is 1. The van der Waals surface area contributed by atoms with Crippen LogP contribution in [0, 0.1) is 11.3 Å². The number of hydrogen-bond acceptors (Lipinski definition) is 4. The Hall–Kier alpha value is -2.73. The maximum atomic E-state index is 12.5. The van der Waals surface area contributed by atoms with Crippen molar-refractivity contribution < 1.29 is 14.3 Å². The van der Waals surface area contributed by atoms with Crippen LogP contribution in [0.15, 0.2) is 54.6 Å². The summed E-state index contributed by atoms with van der Waals surface area (Å²) in [6.07, 6.45) is 0. The number of carbonyl (C=O) groups excluding carboxylic acids is 2. The van der Waals surface area contributed by atoms with Crippen LogP contribution in [-0.4, -0.2) is 27.8 Å². The first-order chi connectivity index (χ1) is 14.5. The lowest BCUT2D eigenvalue weighted by Crippen LogP contribution is -2.48. The van der Waals surface area contributed by atoms with Crippen LogP contribution in [-0.2, 0) is 16.1 Å².